The fraction of sp³-hybridized carbons (Fsp3) is 0.231. The van der Waals surface area contributed by atoms with Gasteiger partial charge in [0.15, 0.2) is 11.5 Å². The normalized spacial score (nSPS) is 10.5. The Morgan fingerprint density at radius 2 is 1.23 bits per heavy atom. The summed E-state index contributed by atoms with van der Waals surface area (Å²) in [6.07, 6.45) is 2.67. The van der Waals surface area contributed by atoms with Crippen molar-refractivity contribution in [2.75, 3.05) is 0 Å². The Morgan fingerprint density at radius 3 is 1.73 bits per heavy atom. The van der Waals surface area contributed by atoms with E-state index in [1.54, 1.807) is 48.5 Å². The van der Waals surface area contributed by atoms with Gasteiger partial charge < -0.3 is 9.47 Å². The summed E-state index contributed by atoms with van der Waals surface area (Å²) in [4.78, 5) is 25.5. The number of hydrogen-bond acceptors (Lipinski definition) is 4. The highest BCUT2D eigenvalue weighted by Crippen LogP contribution is 2.39. The lowest BCUT2D eigenvalue weighted by molar-refractivity contribution is 0.0680. The van der Waals surface area contributed by atoms with E-state index in [2.05, 4.69) is 6.92 Å². The third kappa shape index (κ3) is 4.95. The zero-order valence-electron chi connectivity index (χ0n) is 17.6. The molecule has 0 saturated carbocycles. The second-order valence-corrected chi connectivity index (χ2v) is 7.26. The molecule has 4 nitrogen and oxygen atoms in total. The molecule has 0 amide bonds. The molecule has 3 aromatic carbocycles. The molecule has 0 aliphatic carbocycles. The largest absolute Gasteiger partial charge is 0.419 e. The van der Waals surface area contributed by atoms with Gasteiger partial charge in [-0.2, -0.15) is 0 Å². The van der Waals surface area contributed by atoms with E-state index in [4.69, 9.17) is 9.47 Å². The molecule has 0 aliphatic rings. The molecule has 0 aliphatic heterocycles. The lowest BCUT2D eigenvalue weighted by Crippen LogP contribution is -2.15. The molecule has 0 atom stereocenters. The number of esters is 2. The van der Waals surface area contributed by atoms with Gasteiger partial charge in [0.2, 0.25) is 0 Å². The summed E-state index contributed by atoms with van der Waals surface area (Å²) in [5.41, 5.74) is 3.53. The van der Waals surface area contributed by atoms with Crippen molar-refractivity contribution in [2.45, 2.75) is 40.0 Å². The van der Waals surface area contributed by atoms with Crippen LogP contribution in [0.4, 0.5) is 0 Å². The Labute approximate surface area is 177 Å². The van der Waals surface area contributed by atoms with Crippen molar-refractivity contribution >= 4 is 11.9 Å². The van der Waals surface area contributed by atoms with Crippen molar-refractivity contribution in [3.63, 3.8) is 0 Å². The van der Waals surface area contributed by atoms with Gasteiger partial charge in [-0.15, -0.1) is 0 Å². The number of aryl methyl sites for hydroxylation is 2. The van der Waals surface area contributed by atoms with Crippen LogP contribution in [0.15, 0.2) is 66.7 Å². The smallest absolute Gasteiger partial charge is 0.343 e. The van der Waals surface area contributed by atoms with Crippen molar-refractivity contribution in [3.8, 4) is 11.5 Å². The van der Waals surface area contributed by atoms with Crippen LogP contribution in [0, 0.1) is 13.8 Å². The quantitative estimate of drug-likeness (QED) is 0.355. The molecule has 0 N–H and O–H groups in total. The van der Waals surface area contributed by atoms with Gasteiger partial charge in [0.25, 0.3) is 0 Å². The van der Waals surface area contributed by atoms with E-state index in [1.165, 1.54) is 0 Å². The number of unbranched alkanes of at least 4 members (excludes halogenated alkanes) is 1. The lowest BCUT2D eigenvalue weighted by Gasteiger charge is -2.19. The first-order valence-corrected chi connectivity index (χ1v) is 10.2. The van der Waals surface area contributed by atoms with Crippen molar-refractivity contribution in [3.05, 3.63) is 94.5 Å². The van der Waals surface area contributed by atoms with Gasteiger partial charge >= 0.3 is 11.9 Å². The van der Waals surface area contributed by atoms with Crippen molar-refractivity contribution in [2.24, 2.45) is 0 Å². The highest BCUT2D eigenvalue weighted by atomic mass is 16.6. The Morgan fingerprint density at radius 1 is 0.733 bits per heavy atom. The predicted octanol–water partition coefficient (Wildman–Crippen LogP) is 6.08. The first kappa shape index (κ1) is 21.3. The van der Waals surface area contributed by atoms with Gasteiger partial charge in [0, 0.05) is 5.56 Å². The average molecular weight is 402 g/mol. The number of carbonyl (C=O) groups excluding carboxylic acids is 2. The standard InChI is InChI=1S/C26H26O4/c1-4-5-16-22-18(2)17-19(3)23(29-25(27)20-12-8-6-9-13-20)24(22)30-26(28)21-14-10-7-11-15-21/h6-15,17H,4-5,16H2,1-3H3. The molecule has 0 radical (unpaired) electrons. The van der Waals surface area contributed by atoms with Crippen LogP contribution in [-0.2, 0) is 6.42 Å². The van der Waals surface area contributed by atoms with Gasteiger partial charge in [0.05, 0.1) is 11.1 Å². The van der Waals surface area contributed by atoms with Crippen LogP contribution in [0.5, 0.6) is 11.5 Å². The number of benzene rings is 3. The van der Waals surface area contributed by atoms with Crippen LogP contribution in [0.2, 0.25) is 0 Å². The summed E-state index contributed by atoms with van der Waals surface area (Å²) in [5.74, 6) is -0.333. The van der Waals surface area contributed by atoms with Crippen molar-refractivity contribution in [1.82, 2.24) is 0 Å². The van der Waals surface area contributed by atoms with Crippen LogP contribution in [0.25, 0.3) is 0 Å². The van der Waals surface area contributed by atoms with Gasteiger partial charge in [-0.05, 0) is 62.1 Å². The molecule has 4 heteroatoms. The molecule has 30 heavy (non-hydrogen) atoms. The van der Waals surface area contributed by atoms with Crippen LogP contribution in [0.3, 0.4) is 0 Å². The van der Waals surface area contributed by atoms with Gasteiger partial charge in [-0.1, -0.05) is 55.8 Å². The van der Waals surface area contributed by atoms with Gasteiger partial charge in [-0.3, -0.25) is 0 Å². The second-order valence-electron chi connectivity index (χ2n) is 7.26. The van der Waals surface area contributed by atoms with E-state index in [0.29, 0.717) is 22.6 Å². The summed E-state index contributed by atoms with van der Waals surface area (Å²) in [6, 6.07) is 19.6. The Kier molecular flexibility index (Phi) is 7.02. The van der Waals surface area contributed by atoms with E-state index in [0.717, 1.165) is 36.0 Å². The zero-order chi connectivity index (χ0) is 21.5. The van der Waals surface area contributed by atoms with Crippen LogP contribution in [0.1, 0.15) is 57.2 Å². The second kappa shape index (κ2) is 9.88. The fourth-order valence-corrected chi connectivity index (χ4v) is 3.32. The van der Waals surface area contributed by atoms with Crippen molar-refractivity contribution in [1.29, 1.82) is 0 Å². The summed E-state index contributed by atoms with van der Waals surface area (Å²) in [6.45, 7) is 5.94. The minimum Gasteiger partial charge on any atom is -0.419 e. The molecule has 0 saturated heterocycles. The molecule has 3 rings (SSSR count). The van der Waals surface area contributed by atoms with Crippen LogP contribution >= 0.6 is 0 Å². The Bertz CT molecular complexity index is 1020. The molecule has 0 fully saturated rings. The molecule has 0 unspecified atom stereocenters. The van der Waals surface area contributed by atoms with E-state index in [9.17, 15) is 9.59 Å². The Balaban J connectivity index is 2.03. The van der Waals surface area contributed by atoms with Gasteiger partial charge in [-0.25, -0.2) is 9.59 Å². The predicted molar refractivity (Wildman–Crippen MR) is 117 cm³/mol. The molecular formula is C26H26O4. The Hall–Kier alpha value is -3.40. The minimum absolute atomic E-state index is 0.296. The van der Waals surface area contributed by atoms with Crippen LogP contribution < -0.4 is 9.47 Å². The third-order valence-corrected chi connectivity index (χ3v) is 4.94. The first-order chi connectivity index (χ1) is 14.5. The molecular weight excluding hydrogens is 376 g/mol. The number of carbonyl (C=O) groups is 2. The van der Waals surface area contributed by atoms with E-state index in [-0.39, 0.29) is 0 Å². The highest BCUT2D eigenvalue weighted by Gasteiger charge is 2.23. The molecule has 0 bridgehead atoms. The maximum atomic E-state index is 12.8. The van der Waals surface area contributed by atoms with Crippen molar-refractivity contribution < 1.29 is 19.1 Å². The maximum Gasteiger partial charge on any atom is 0.343 e. The monoisotopic (exact) mass is 402 g/mol. The molecule has 0 spiro atoms. The molecule has 154 valence electrons. The number of rotatable bonds is 7. The van der Waals surface area contributed by atoms with Gasteiger partial charge in [0.1, 0.15) is 0 Å². The van der Waals surface area contributed by atoms with E-state index >= 15 is 0 Å². The lowest BCUT2D eigenvalue weighted by atomic mass is 9.98. The molecule has 0 aromatic heterocycles. The van der Waals surface area contributed by atoms with E-state index < -0.39 is 11.9 Å². The number of hydrogen-bond donors (Lipinski definition) is 0. The summed E-state index contributed by atoms with van der Waals surface area (Å²) in [5, 5.41) is 0. The summed E-state index contributed by atoms with van der Waals surface area (Å²) < 4.78 is 11.6. The zero-order valence-corrected chi connectivity index (χ0v) is 17.6. The molecule has 3 aromatic rings. The fourth-order valence-electron chi connectivity index (χ4n) is 3.32. The maximum absolute atomic E-state index is 12.8. The summed E-state index contributed by atoms with van der Waals surface area (Å²) >= 11 is 0. The summed E-state index contributed by atoms with van der Waals surface area (Å²) in [7, 11) is 0. The molecule has 0 heterocycles. The minimum atomic E-state index is -0.485. The number of ether oxygens (including phenoxy) is 2. The topological polar surface area (TPSA) is 52.6 Å². The van der Waals surface area contributed by atoms with Crippen LogP contribution in [-0.4, -0.2) is 11.9 Å². The third-order valence-electron chi connectivity index (χ3n) is 4.94. The average Bonchev–Trinajstić information content (AvgIpc) is 2.77. The highest BCUT2D eigenvalue weighted by molar-refractivity contribution is 5.93. The first-order valence-electron chi connectivity index (χ1n) is 10.2. The van der Waals surface area contributed by atoms with E-state index in [1.807, 2.05) is 32.0 Å². The SMILES string of the molecule is CCCCc1c(C)cc(C)c(OC(=O)c2ccccc2)c1OC(=O)c1ccccc1.